The normalized spacial score (nSPS) is 17.2. The summed E-state index contributed by atoms with van der Waals surface area (Å²) in [5, 5.41) is 5.96. The van der Waals surface area contributed by atoms with Crippen LogP contribution < -0.4 is 21.1 Å². The molecule has 0 spiro atoms. The Morgan fingerprint density at radius 3 is 2.26 bits per heavy atom. The lowest BCUT2D eigenvalue weighted by molar-refractivity contribution is -0.125. The van der Waals surface area contributed by atoms with Gasteiger partial charge in [0, 0.05) is 18.2 Å². The number of amides is 2. The SMILES string of the molecule is COc1ccc(C(=O)NC(C(=O)NC(CN)C2CCCCC2)C(C)C)cc1. The van der Waals surface area contributed by atoms with Crippen molar-refractivity contribution in [3.8, 4) is 5.75 Å². The van der Waals surface area contributed by atoms with Crippen molar-refractivity contribution in [2.75, 3.05) is 13.7 Å². The van der Waals surface area contributed by atoms with Gasteiger partial charge in [0.2, 0.25) is 5.91 Å². The lowest BCUT2D eigenvalue weighted by Gasteiger charge is -2.32. The number of ether oxygens (including phenoxy) is 1. The molecule has 0 saturated heterocycles. The molecule has 1 fully saturated rings. The first-order valence-corrected chi connectivity index (χ1v) is 9.91. The van der Waals surface area contributed by atoms with E-state index in [1.165, 1.54) is 19.3 Å². The molecule has 150 valence electrons. The summed E-state index contributed by atoms with van der Waals surface area (Å²) >= 11 is 0. The lowest BCUT2D eigenvalue weighted by Crippen LogP contribution is -2.55. The highest BCUT2D eigenvalue weighted by Crippen LogP contribution is 2.26. The van der Waals surface area contributed by atoms with Crippen molar-refractivity contribution in [2.24, 2.45) is 17.6 Å². The molecule has 2 unspecified atom stereocenters. The molecule has 1 aliphatic carbocycles. The van der Waals surface area contributed by atoms with Gasteiger partial charge in [-0.2, -0.15) is 0 Å². The van der Waals surface area contributed by atoms with Crippen molar-refractivity contribution in [1.82, 2.24) is 10.6 Å². The highest BCUT2D eigenvalue weighted by Gasteiger charge is 2.29. The number of carbonyl (C=O) groups excluding carboxylic acids is 2. The molecule has 0 aliphatic heterocycles. The third kappa shape index (κ3) is 5.96. The topological polar surface area (TPSA) is 93.4 Å². The first-order valence-electron chi connectivity index (χ1n) is 9.91. The zero-order chi connectivity index (χ0) is 19.8. The summed E-state index contributed by atoms with van der Waals surface area (Å²) in [5.41, 5.74) is 6.43. The molecule has 27 heavy (non-hydrogen) atoms. The molecule has 4 N–H and O–H groups in total. The monoisotopic (exact) mass is 375 g/mol. The quantitative estimate of drug-likeness (QED) is 0.651. The smallest absolute Gasteiger partial charge is 0.251 e. The van der Waals surface area contributed by atoms with Crippen molar-refractivity contribution in [3.05, 3.63) is 29.8 Å². The fraction of sp³-hybridized carbons (Fsp3) is 0.619. The maximum Gasteiger partial charge on any atom is 0.251 e. The number of hydrogen-bond acceptors (Lipinski definition) is 4. The number of benzene rings is 1. The Morgan fingerprint density at radius 2 is 1.74 bits per heavy atom. The highest BCUT2D eigenvalue weighted by molar-refractivity contribution is 5.97. The highest BCUT2D eigenvalue weighted by atomic mass is 16.5. The summed E-state index contributed by atoms with van der Waals surface area (Å²) in [7, 11) is 1.58. The predicted molar refractivity (Wildman–Crippen MR) is 107 cm³/mol. The van der Waals surface area contributed by atoms with E-state index in [-0.39, 0.29) is 23.8 Å². The zero-order valence-electron chi connectivity index (χ0n) is 16.7. The van der Waals surface area contributed by atoms with Crippen molar-refractivity contribution in [3.63, 3.8) is 0 Å². The minimum absolute atomic E-state index is 0.0306. The molecule has 1 saturated carbocycles. The largest absolute Gasteiger partial charge is 0.497 e. The number of nitrogens with two attached hydrogens (primary N) is 1. The van der Waals surface area contributed by atoms with Crippen LogP contribution in [0.2, 0.25) is 0 Å². The summed E-state index contributed by atoms with van der Waals surface area (Å²) in [6.07, 6.45) is 5.85. The molecule has 1 aromatic rings. The Balaban J connectivity index is 2.01. The Labute approximate surface area is 162 Å². The molecule has 2 rings (SSSR count). The van der Waals surface area contributed by atoms with Crippen LogP contribution in [0.15, 0.2) is 24.3 Å². The first-order chi connectivity index (χ1) is 13.0. The van der Waals surface area contributed by atoms with E-state index in [1.807, 2.05) is 13.8 Å². The van der Waals surface area contributed by atoms with Gasteiger partial charge in [-0.25, -0.2) is 0 Å². The predicted octanol–water partition coefficient (Wildman–Crippen LogP) is 2.47. The average Bonchev–Trinajstić information content (AvgIpc) is 2.70. The summed E-state index contributed by atoms with van der Waals surface area (Å²) in [4.78, 5) is 25.4. The number of rotatable bonds is 8. The maximum absolute atomic E-state index is 12.9. The second-order valence-electron chi connectivity index (χ2n) is 7.67. The Hall–Kier alpha value is -2.08. The van der Waals surface area contributed by atoms with Crippen LogP contribution in [0.25, 0.3) is 0 Å². The molecule has 6 heteroatoms. The van der Waals surface area contributed by atoms with Crippen LogP contribution in [0.1, 0.15) is 56.3 Å². The van der Waals surface area contributed by atoms with Crippen molar-refractivity contribution < 1.29 is 14.3 Å². The van der Waals surface area contributed by atoms with E-state index in [2.05, 4.69) is 10.6 Å². The van der Waals surface area contributed by atoms with Gasteiger partial charge in [-0.05, 0) is 48.9 Å². The zero-order valence-corrected chi connectivity index (χ0v) is 16.7. The molecular formula is C21H33N3O3. The van der Waals surface area contributed by atoms with Gasteiger partial charge in [0.05, 0.1) is 7.11 Å². The van der Waals surface area contributed by atoms with Gasteiger partial charge in [-0.3, -0.25) is 9.59 Å². The summed E-state index contributed by atoms with van der Waals surface area (Å²) in [6, 6.07) is 6.21. The second kappa shape index (κ2) is 10.3. The van der Waals surface area contributed by atoms with Crippen molar-refractivity contribution in [1.29, 1.82) is 0 Å². The molecule has 2 atom stereocenters. The molecule has 0 bridgehead atoms. The van der Waals surface area contributed by atoms with Crippen LogP contribution in [0.4, 0.5) is 0 Å². The van der Waals surface area contributed by atoms with Crippen LogP contribution in [0, 0.1) is 11.8 Å². The first kappa shape index (κ1) is 21.2. The van der Waals surface area contributed by atoms with Gasteiger partial charge in [-0.1, -0.05) is 33.1 Å². The number of hydrogen-bond donors (Lipinski definition) is 3. The van der Waals surface area contributed by atoms with E-state index in [0.29, 0.717) is 23.8 Å². The molecule has 0 heterocycles. The van der Waals surface area contributed by atoms with Gasteiger partial charge >= 0.3 is 0 Å². The molecule has 0 radical (unpaired) electrons. The van der Waals surface area contributed by atoms with Crippen LogP contribution in [0.5, 0.6) is 5.75 Å². The van der Waals surface area contributed by atoms with Gasteiger partial charge in [0.15, 0.2) is 0 Å². The van der Waals surface area contributed by atoms with Gasteiger partial charge in [0.25, 0.3) is 5.91 Å². The molecular weight excluding hydrogens is 342 g/mol. The Bertz CT molecular complexity index is 610. The van der Waals surface area contributed by atoms with Crippen LogP contribution in [-0.4, -0.2) is 37.6 Å². The lowest BCUT2D eigenvalue weighted by atomic mass is 9.83. The third-order valence-electron chi connectivity index (χ3n) is 5.39. The van der Waals surface area contributed by atoms with E-state index >= 15 is 0 Å². The third-order valence-corrected chi connectivity index (χ3v) is 5.39. The maximum atomic E-state index is 12.9. The minimum atomic E-state index is -0.600. The van der Waals surface area contributed by atoms with Crippen LogP contribution >= 0.6 is 0 Å². The Kier molecular flexibility index (Phi) is 8.10. The second-order valence-corrected chi connectivity index (χ2v) is 7.67. The number of carbonyl (C=O) groups is 2. The Morgan fingerprint density at radius 1 is 1.11 bits per heavy atom. The van der Waals surface area contributed by atoms with Gasteiger partial charge < -0.3 is 21.1 Å². The van der Waals surface area contributed by atoms with Crippen LogP contribution in [-0.2, 0) is 4.79 Å². The fourth-order valence-corrected chi connectivity index (χ4v) is 3.68. The van der Waals surface area contributed by atoms with Crippen LogP contribution in [0.3, 0.4) is 0 Å². The summed E-state index contributed by atoms with van der Waals surface area (Å²) < 4.78 is 5.11. The molecule has 2 amide bonds. The number of methoxy groups -OCH3 is 1. The van der Waals surface area contributed by atoms with E-state index < -0.39 is 6.04 Å². The molecule has 0 aromatic heterocycles. The standard InChI is InChI=1S/C21H33N3O3/c1-14(2)19(24-20(25)16-9-11-17(27-3)12-10-16)21(26)23-18(13-22)15-7-5-4-6-8-15/h9-12,14-15,18-19H,4-8,13,22H2,1-3H3,(H,23,26)(H,24,25). The van der Waals surface area contributed by atoms with Gasteiger partial charge in [0.1, 0.15) is 11.8 Å². The van der Waals surface area contributed by atoms with Crippen molar-refractivity contribution in [2.45, 2.75) is 58.0 Å². The molecule has 1 aromatic carbocycles. The van der Waals surface area contributed by atoms with E-state index in [1.54, 1.807) is 31.4 Å². The summed E-state index contributed by atoms with van der Waals surface area (Å²) in [5.74, 6) is 0.652. The van der Waals surface area contributed by atoms with Gasteiger partial charge in [-0.15, -0.1) is 0 Å². The summed E-state index contributed by atoms with van der Waals surface area (Å²) in [6.45, 7) is 4.28. The van der Waals surface area contributed by atoms with E-state index in [0.717, 1.165) is 12.8 Å². The van der Waals surface area contributed by atoms with E-state index in [4.69, 9.17) is 10.5 Å². The average molecular weight is 376 g/mol. The molecule has 1 aliphatic rings. The van der Waals surface area contributed by atoms with Crippen molar-refractivity contribution >= 4 is 11.8 Å². The fourth-order valence-electron chi connectivity index (χ4n) is 3.68. The molecule has 6 nitrogen and oxygen atoms in total. The number of nitrogens with one attached hydrogen (secondary N) is 2. The van der Waals surface area contributed by atoms with E-state index in [9.17, 15) is 9.59 Å². The minimum Gasteiger partial charge on any atom is -0.497 e.